The van der Waals surface area contributed by atoms with E-state index in [9.17, 15) is 4.39 Å². The predicted molar refractivity (Wildman–Crippen MR) is 63.9 cm³/mol. The van der Waals surface area contributed by atoms with E-state index in [1.54, 1.807) is 12.1 Å². The summed E-state index contributed by atoms with van der Waals surface area (Å²) in [5.74, 6) is -0.388. The van der Waals surface area contributed by atoms with Crippen LogP contribution in [0.4, 0.5) is 10.1 Å². The number of hydrogen-bond acceptors (Lipinski definition) is 1. The SMILES string of the molecule is C=CCCC(C)Nc1ccc(F)c(Cl)c1. The Labute approximate surface area is 95.0 Å². The van der Waals surface area contributed by atoms with Crippen molar-refractivity contribution in [3.63, 3.8) is 0 Å². The molecular formula is C12H15ClFN. The molecule has 0 aliphatic carbocycles. The third-order valence-electron chi connectivity index (χ3n) is 2.14. The second kappa shape index (κ2) is 5.76. The molecule has 0 amide bonds. The lowest BCUT2D eigenvalue weighted by Crippen LogP contribution is -2.14. The lowest BCUT2D eigenvalue weighted by Gasteiger charge is -2.14. The topological polar surface area (TPSA) is 12.0 Å². The minimum atomic E-state index is -0.388. The van der Waals surface area contributed by atoms with Gasteiger partial charge in [0, 0.05) is 11.7 Å². The summed E-state index contributed by atoms with van der Waals surface area (Å²) in [6, 6.07) is 4.97. The van der Waals surface area contributed by atoms with Gasteiger partial charge in [-0.05, 0) is 38.0 Å². The molecule has 1 aromatic rings. The molecule has 3 heteroatoms. The first-order chi connectivity index (χ1) is 7.13. The van der Waals surface area contributed by atoms with Crippen LogP contribution in [0.5, 0.6) is 0 Å². The Morgan fingerprint density at radius 3 is 2.93 bits per heavy atom. The van der Waals surface area contributed by atoms with Gasteiger partial charge in [0.05, 0.1) is 5.02 Å². The van der Waals surface area contributed by atoms with Gasteiger partial charge in [0.2, 0.25) is 0 Å². The quantitative estimate of drug-likeness (QED) is 0.742. The second-order valence-electron chi connectivity index (χ2n) is 3.54. The predicted octanol–water partition coefficient (Wildman–Crippen LogP) is 4.25. The maximum absolute atomic E-state index is 12.9. The molecule has 1 N–H and O–H groups in total. The molecule has 1 aromatic carbocycles. The summed E-state index contributed by atoms with van der Waals surface area (Å²) >= 11 is 5.67. The molecule has 1 atom stereocenters. The van der Waals surface area contributed by atoms with Crippen LogP contribution in [-0.2, 0) is 0 Å². The lowest BCUT2D eigenvalue weighted by molar-refractivity contribution is 0.628. The van der Waals surface area contributed by atoms with Crippen LogP contribution in [0.15, 0.2) is 30.9 Å². The first kappa shape index (κ1) is 12.1. The zero-order valence-corrected chi connectivity index (χ0v) is 9.52. The molecule has 0 aliphatic rings. The fourth-order valence-corrected chi connectivity index (χ4v) is 1.49. The van der Waals surface area contributed by atoms with Crippen molar-refractivity contribution < 1.29 is 4.39 Å². The molecule has 0 saturated carbocycles. The first-order valence-electron chi connectivity index (χ1n) is 4.96. The van der Waals surface area contributed by atoms with Crippen molar-refractivity contribution >= 4 is 17.3 Å². The summed E-state index contributed by atoms with van der Waals surface area (Å²) in [6.07, 6.45) is 3.84. The number of allylic oxidation sites excluding steroid dienone is 1. The number of hydrogen-bond donors (Lipinski definition) is 1. The molecule has 0 bridgehead atoms. The van der Waals surface area contributed by atoms with Crippen molar-refractivity contribution in [1.29, 1.82) is 0 Å². The van der Waals surface area contributed by atoms with E-state index in [0.29, 0.717) is 6.04 Å². The number of rotatable bonds is 5. The van der Waals surface area contributed by atoms with Crippen LogP contribution < -0.4 is 5.32 Å². The zero-order chi connectivity index (χ0) is 11.3. The average molecular weight is 228 g/mol. The minimum Gasteiger partial charge on any atom is -0.383 e. The summed E-state index contributed by atoms with van der Waals surface area (Å²) < 4.78 is 12.9. The first-order valence-corrected chi connectivity index (χ1v) is 5.33. The molecule has 1 nitrogen and oxygen atoms in total. The molecule has 82 valence electrons. The van der Waals surface area contributed by atoms with Crippen LogP contribution in [0.1, 0.15) is 19.8 Å². The van der Waals surface area contributed by atoms with E-state index in [0.717, 1.165) is 18.5 Å². The Bertz CT molecular complexity index is 338. The van der Waals surface area contributed by atoms with E-state index in [1.807, 2.05) is 6.08 Å². The Hall–Kier alpha value is -1.02. The van der Waals surface area contributed by atoms with E-state index in [4.69, 9.17) is 11.6 Å². The lowest BCUT2D eigenvalue weighted by atomic mass is 10.1. The summed E-state index contributed by atoms with van der Waals surface area (Å²) in [5.41, 5.74) is 0.845. The Morgan fingerprint density at radius 2 is 2.33 bits per heavy atom. The highest BCUT2D eigenvalue weighted by Gasteiger charge is 2.03. The third-order valence-corrected chi connectivity index (χ3v) is 2.43. The van der Waals surface area contributed by atoms with E-state index < -0.39 is 0 Å². The highest BCUT2D eigenvalue weighted by atomic mass is 35.5. The average Bonchev–Trinajstić information content (AvgIpc) is 2.20. The maximum Gasteiger partial charge on any atom is 0.141 e. The second-order valence-corrected chi connectivity index (χ2v) is 3.95. The van der Waals surface area contributed by atoms with Crippen molar-refractivity contribution in [3.8, 4) is 0 Å². The smallest absolute Gasteiger partial charge is 0.141 e. The third kappa shape index (κ3) is 3.92. The minimum absolute atomic E-state index is 0.149. The van der Waals surface area contributed by atoms with Crippen molar-refractivity contribution in [2.75, 3.05) is 5.32 Å². The number of halogens is 2. The molecule has 15 heavy (non-hydrogen) atoms. The molecule has 0 aliphatic heterocycles. The van der Waals surface area contributed by atoms with Gasteiger partial charge in [0.1, 0.15) is 5.82 Å². The molecule has 0 spiro atoms. The van der Waals surface area contributed by atoms with Crippen molar-refractivity contribution in [1.82, 2.24) is 0 Å². The van der Waals surface area contributed by atoms with E-state index in [1.165, 1.54) is 6.07 Å². The standard InChI is InChI=1S/C12H15ClFN/c1-3-4-5-9(2)15-10-6-7-12(14)11(13)8-10/h3,6-9,15H,1,4-5H2,2H3. The van der Waals surface area contributed by atoms with Gasteiger partial charge in [-0.2, -0.15) is 0 Å². The Morgan fingerprint density at radius 1 is 1.60 bits per heavy atom. The number of nitrogens with one attached hydrogen (secondary N) is 1. The summed E-state index contributed by atoms with van der Waals surface area (Å²) in [4.78, 5) is 0. The van der Waals surface area contributed by atoms with Crippen molar-refractivity contribution in [2.24, 2.45) is 0 Å². The molecule has 1 unspecified atom stereocenters. The van der Waals surface area contributed by atoms with Gasteiger partial charge < -0.3 is 5.32 Å². The summed E-state index contributed by atoms with van der Waals surface area (Å²) in [6.45, 7) is 5.74. The van der Waals surface area contributed by atoms with Crippen molar-refractivity contribution in [2.45, 2.75) is 25.8 Å². The number of benzene rings is 1. The van der Waals surface area contributed by atoms with Gasteiger partial charge in [-0.1, -0.05) is 17.7 Å². The molecule has 0 heterocycles. The van der Waals surface area contributed by atoms with E-state index >= 15 is 0 Å². The fourth-order valence-electron chi connectivity index (χ4n) is 1.31. The van der Waals surface area contributed by atoms with E-state index in [2.05, 4.69) is 18.8 Å². The highest BCUT2D eigenvalue weighted by Crippen LogP contribution is 2.20. The maximum atomic E-state index is 12.9. The molecule has 1 rings (SSSR count). The van der Waals surface area contributed by atoms with Crippen LogP contribution in [-0.4, -0.2) is 6.04 Å². The highest BCUT2D eigenvalue weighted by molar-refractivity contribution is 6.31. The van der Waals surface area contributed by atoms with Crippen molar-refractivity contribution in [3.05, 3.63) is 41.7 Å². The van der Waals surface area contributed by atoms with Crippen LogP contribution in [0.3, 0.4) is 0 Å². The molecule has 0 radical (unpaired) electrons. The monoisotopic (exact) mass is 227 g/mol. The van der Waals surface area contributed by atoms with E-state index in [-0.39, 0.29) is 10.8 Å². The molecular weight excluding hydrogens is 213 g/mol. The molecule has 0 saturated heterocycles. The molecule has 0 fully saturated rings. The van der Waals surface area contributed by atoms with Crippen LogP contribution in [0.25, 0.3) is 0 Å². The van der Waals surface area contributed by atoms with Gasteiger partial charge in [-0.3, -0.25) is 0 Å². The zero-order valence-electron chi connectivity index (χ0n) is 8.76. The summed E-state index contributed by atoms with van der Waals surface area (Å²) in [5, 5.41) is 3.39. The van der Waals surface area contributed by atoms with Crippen LogP contribution in [0, 0.1) is 5.82 Å². The largest absolute Gasteiger partial charge is 0.383 e. The van der Waals surface area contributed by atoms with Gasteiger partial charge in [0.15, 0.2) is 0 Å². The summed E-state index contributed by atoms with van der Waals surface area (Å²) in [7, 11) is 0. The van der Waals surface area contributed by atoms with Crippen LogP contribution in [0.2, 0.25) is 5.02 Å². The Kier molecular flexibility index (Phi) is 4.63. The van der Waals surface area contributed by atoms with Gasteiger partial charge in [-0.25, -0.2) is 4.39 Å². The number of anilines is 1. The normalized spacial score (nSPS) is 12.2. The Balaban J connectivity index is 2.56. The van der Waals surface area contributed by atoms with Crippen LogP contribution >= 0.6 is 11.6 Å². The van der Waals surface area contributed by atoms with Gasteiger partial charge in [-0.15, -0.1) is 6.58 Å². The van der Waals surface area contributed by atoms with Gasteiger partial charge in [0.25, 0.3) is 0 Å². The fraction of sp³-hybridized carbons (Fsp3) is 0.333. The molecule has 0 aromatic heterocycles. The van der Waals surface area contributed by atoms with Gasteiger partial charge >= 0.3 is 0 Å².